The summed E-state index contributed by atoms with van der Waals surface area (Å²) in [7, 11) is -3.65. The molecule has 0 unspecified atom stereocenters. The maximum Gasteiger partial charge on any atom is 0.388 e. The second-order valence-electron chi connectivity index (χ2n) is 2.41. The van der Waals surface area contributed by atoms with Crippen LogP contribution in [0.5, 0.6) is 5.88 Å². The van der Waals surface area contributed by atoms with E-state index < -0.39 is 27.9 Å². The summed E-state index contributed by atoms with van der Waals surface area (Å²) in [6, 6.07) is 1.47. The van der Waals surface area contributed by atoms with Crippen LogP contribution in [-0.4, -0.2) is 25.7 Å². The van der Waals surface area contributed by atoms with E-state index in [0.717, 1.165) is 6.26 Å². The van der Waals surface area contributed by atoms with E-state index in [2.05, 4.69) is 9.11 Å². The van der Waals surface area contributed by atoms with Gasteiger partial charge in [-0.1, -0.05) is 0 Å². The molecule has 15 heavy (non-hydrogen) atoms. The fourth-order valence-electron chi connectivity index (χ4n) is 0.773. The molecule has 82 valence electrons. The van der Waals surface area contributed by atoms with Crippen LogP contribution in [0.15, 0.2) is 4.21 Å². The Balaban J connectivity index is 3.26. The minimum atomic E-state index is -3.65. The molecule has 9 heteroatoms. The molecule has 0 aliphatic heterocycles. The number of rotatable bonds is 3. The van der Waals surface area contributed by atoms with Crippen molar-refractivity contribution in [3.63, 3.8) is 0 Å². The summed E-state index contributed by atoms with van der Waals surface area (Å²) in [4.78, 5) is 0. The molecule has 0 atom stereocenters. The number of ether oxygens (including phenoxy) is 1. The first-order chi connectivity index (χ1) is 6.86. The van der Waals surface area contributed by atoms with Crippen LogP contribution in [0.1, 0.15) is 5.56 Å². The lowest BCUT2D eigenvalue weighted by molar-refractivity contribution is -0.0525. The fraction of sp³-hybridized carbons (Fsp3) is 0.333. The van der Waals surface area contributed by atoms with E-state index in [1.165, 1.54) is 6.07 Å². The summed E-state index contributed by atoms with van der Waals surface area (Å²) >= 11 is 0.431. The van der Waals surface area contributed by atoms with Crippen molar-refractivity contribution in [2.45, 2.75) is 10.8 Å². The summed E-state index contributed by atoms with van der Waals surface area (Å²) in [6.45, 7) is -3.15. The zero-order valence-corrected chi connectivity index (χ0v) is 8.90. The van der Waals surface area contributed by atoms with E-state index >= 15 is 0 Å². The topological polar surface area (TPSA) is 80.1 Å². The van der Waals surface area contributed by atoms with Gasteiger partial charge in [0.15, 0.2) is 14.0 Å². The summed E-state index contributed by atoms with van der Waals surface area (Å²) in [5, 5.41) is 8.59. The van der Waals surface area contributed by atoms with Gasteiger partial charge in [0.25, 0.3) is 0 Å². The quantitative estimate of drug-likeness (QED) is 0.804. The maximum absolute atomic E-state index is 11.8. The molecule has 0 aromatic carbocycles. The standard InChI is InChI=1S/C6H4F2N2O3S2/c1-15(11,12)5-3(2-9)4(10-14-5)13-6(7)8/h6H,1H3. The number of sulfone groups is 1. The lowest BCUT2D eigenvalue weighted by atomic mass is 10.4. The molecule has 0 spiro atoms. The highest BCUT2D eigenvalue weighted by atomic mass is 32.2. The van der Waals surface area contributed by atoms with Gasteiger partial charge in [-0.2, -0.15) is 18.4 Å². The molecule has 1 heterocycles. The average molecular weight is 254 g/mol. The molecule has 0 fully saturated rings. The first kappa shape index (κ1) is 11.8. The lowest BCUT2D eigenvalue weighted by Gasteiger charge is -1.99. The van der Waals surface area contributed by atoms with Crippen molar-refractivity contribution in [3.05, 3.63) is 5.56 Å². The van der Waals surface area contributed by atoms with Crippen molar-refractivity contribution < 1.29 is 21.9 Å². The maximum atomic E-state index is 11.8. The molecule has 5 nitrogen and oxygen atoms in total. The molecule has 1 aromatic rings. The Morgan fingerprint density at radius 1 is 1.60 bits per heavy atom. The van der Waals surface area contributed by atoms with Crippen molar-refractivity contribution in [1.29, 1.82) is 5.26 Å². The molecule has 0 aliphatic carbocycles. The third kappa shape index (κ3) is 2.60. The number of nitrogens with zero attached hydrogens (tertiary/aromatic N) is 2. The van der Waals surface area contributed by atoms with Crippen molar-refractivity contribution in [2.75, 3.05) is 6.26 Å². The van der Waals surface area contributed by atoms with Crippen LogP contribution in [0.4, 0.5) is 8.78 Å². The van der Waals surface area contributed by atoms with Gasteiger partial charge in [-0.05, 0) is 11.5 Å². The highest BCUT2D eigenvalue weighted by Crippen LogP contribution is 2.29. The predicted octanol–water partition coefficient (Wildman–Crippen LogP) is 1.02. The molecule has 1 rings (SSSR count). The first-order valence-electron chi connectivity index (χ1n) is 3.41. The predicted molar refractivity (Wildman–Crippen MR) is 46.6 cm³/mol. The Morgan fingerprint density at radius 3 is 2.60 bits per heavy atom. The van der Waals surface area contributed by atoms with Gasteiger partial charge in [0.2, 0.25) is 5.88 Å². The normalized spacial score (nSPS) is 11.4. The molecule has 0 radical (unpaired) electrons. The Labute approximate surface area is 88.0 Å². The molecule has 0 aliphatic rings. The van der Waals surface area contributed by atoms with Gasteiger partial charge in [-0.15, -0.1) is 0 Å². The van der Waals surface area contributed by atoms with Crippen molar-refractivity contribution in [2.24, 2.45) is 0 Å². The number of halogens is 2. The Bertz CT molecular complexity index is 503. The zero-order chi connectivity index (χ0) is 11.6. The minimum Gasteiger partial charge on any atom is -0.414 e. The number of nitriles is 1. The number of hydrogen-bond donors (Lipinski definition) is 0. The van der Waals surface area contributed by atoms with Gasteiger partial charge in [0.1, 0.15) is 11.6 Å². The third-order valence-corrected chi connectivity index (χ3v) is 3.92. The summed E-state index contributed by atoms with van der Waals surface area (Å²) in [6.07, 6.45) is 0.855. The van der Waals surface area contributed by atoms with Crippen LogP contribution in [0.3, 0.4) is 0 Å². The molecular weight excluding hydrogens is 250 g/mol. The van der Waals surface area contributed by atoms with Crippen molar-refractivity contribution in [3.8, 4) is 11.9 Å². The van der Waals surface area contributed by atoms with Gasteiger partial charge in [-0.3, -0.25) is 0 Å². The molecule has 0 N–H and O–H groups in total. The van der Waals surface area contributed by atoms with Crippen LogP contribution < -0.4 is 4.74 Å². The van der Waals surface area contributed by atoms with Gasteiger partial charge in [0.05, 0.1) is 0 Å². The number of hydrogen-bond acceptors (Lipinski definition) is 6. The highest BCUT2D eigenvalue weighted by molar-refractivity contribution is 7.92. The molecule has 1 aromatic heterocycles. The largest absolute Gasteiger partial charge is 0.414 e. The van der Waals surface area contributed by atoms with E-state index in [1.54, 1.807) is 0 Å². The van der Waals surface area contributed by atoms with Crippen LogP contribution >= 0.6 is 11.5 Å². The fourth-order valence-corrected chi connectivity index (χ4v) is 2.45. The van der Waals surface area contributed by atoms with E-state index in [9.17, 15) is 17.2 Å². The minimum absolute atomic E-state index is 0.374. The molecule has 0 saturated heterocycles. The van der Waals surface area contributed by atoms with E-state index in [4.69, 9.17) is 5.26 Å². The first-order valence-corrected chi connectivity index (χ1v) is 6.07. The Morgan fingerprint density at radius 2 is 2.20 bits per heavy atom. The van der Waals surface area contributed by atoms with Crippen LogP contribution in [0, 0.1) is 11.3 Å². The van der Waals surface area contributed by atoms with Crippen LogP contribution in [0.2, 0.25) is 0 Å². The van der Waals surface area contributed by atoms with Gasteiger partial charge in [-0.25, -0.2) is 8.42 Å². The van der Waals surface area contributed by atoms with Crippen molar-refractivity contribution in [1.82, 2.24) is 4.37 Å². The summed E-state index contributed by atoms with van der Waals surface area (Å²) in [5.41, 5.74) is -0.484. The summed E-state index contributed by atoms with van der Waals surface area (Å²) in [5.74, 6) is -0.655. The van der Waals surface area contributed by atoms with Gasteiger partial charge < -0.3 is 4.74 Å². The van der Waals surface area contributed by atoms with E-state index in [0.29, 0.717) is 11.5 Å². The lowest BCUT2D eigenvalue weighted by Crippen LogP contribution is -2.04. The molecule has 0 amide bonds. The zero-order valence-electron chi connectivity index (χ0n) is 7.27. The Hall–Kier alpha value is -1.27. The molecule has 0 saturated carbocycles. The second-order valence-corrected chi connectivity index (χ2v) is 5.40. The molecule has 0 bridgehead atoms. The second kappa shape index (κ2) is 4.08. The average Bonchev–Trinajstić information content (AvgIpc) is 2.45. The smallest absolute Gasteiger partial charge is 0.388 e. The monoisotopic (exact) mass is 254 g/mol. The SMILES string of the molecule is CS(=O)(=O)c1snc(OC(F)F)c1C#N. The summed E-state index contributed by atoms with van der Waals surface area (Å²) < 4.78 is 52.7. The highest BCUT2D eigenvalue weighted by Gasteiger charge is 2.24. The molecular formula is C6H4F2N2O3S2. The van der Waals surface area contributed by atoms with E-state index in [1.807, 2.05) is 0 Å². The number of alkyl halides is 2. The third-order valence-electron chi connectivity index (χ3n) is 1.28. The van der Waals surface area contributed by atoms with E-state index in [-0.39, 0.29) is 4.21 Å². The van der Waals surface area contributed by atoms with Crippen molar-refractivity contribution >= 4 is 21.4 Å². The van der Waals surface area contributed by atoms with Crippen LogP contribution in [0.25, 0.3) is 0 Å². The Kier molecular flexibility index (Phi) is 3.21. The van der Waals surface area contributed by atoms with Gasteiger partial charge in [0, 0.05) is 6.26 Å². The van der Waals surface area contributed by atoms with Gasteiger partial charge >= 0.3 is 6.61 Å². The number of aromatic nitrogens is 1. The van der Waals surface area contributed by atoms with Crippen LogP contribution in [-0.2, 0) is 9.84 Å².